The molecular weight excluding hydrogens is 280 g/mol. The van der Waals surface area contributed by atoms with E-state index in [2.05, 4.69) is 17.6 Å². The van der Waals surface area contributed by atoms with Crippen molar-refractivity contribution in [3.63, 3.8) is 0 Å². The van der Waals surface area contributed by atoms with Gasteiger partial charge in [0.2, 0.25) is 5.91 Å². The van der Waals surface area contributed by atoms with Gasteiger partial charge in [0.1, 0.15) is 0 Å². The third-order valence-corrected chi connectivity index (χ3v) is 3.81. The fourth-order valence-corrected chi connectivity index (χ4v) is 2.46. The highest BCUT2D eigenvalue weighted by Gasteiger charge is 2.24. The van der Waals surface area contributed by atoms with Gasteiger partial charge in [0.25, 0.3) is 0 Å². The monoisotopic (exact) mass is 308 g/mol. The molecule has 0 aliphatic rings. The number of carbonyl (C=O) groups is 1. The number of amides is 1. The lowest BCUT2D eigenvalue weighted by Crippen LogP contribution is -2.49. The number of hydrogen-bond acceptors (Lipinski definition) is 4. The third kappa shape index (κ3) is 5.40. The molecule has 1 unspecified atom stereocenters. The number of aliphatic hydroxyl groups is 1. The van der Waals surface area contributed by atoms with Crippen molar-refractivity contribution in [2.24, 2.45) is 0 Å². The van der Waals surface area contributed by atoms with E-state index in [0.717, 1.165) is 23.2 Å². The number of methoxy groups -OCH3 is 1. The van der Waals surface area contributed by atoms with E-state index in [4.69, 9.17) is 9.84 Å². The predicted octanol–water partition coefficient (Wildman–Crippen LogP) is 1.87. The van der Waals surface area contributed by atoms with Crippen molar-refractivity contribution < 1.29 is 14.6 Å². The van der Waals surface area contributed by atoms with Crippen molar-refractivity contribution in [2.45, 2.75) is 39.2 Å². The first-order chi connectivity index (χ1) is 10.5. The highest BCUT2D eigenvalue weighted by molar-refractivity contribution is 5.93. The molecule has 1 atom stereocenters. The number of aliphatic hydroxyl groups excluding tert-OH is 1. The average molecular weight is 308 g/mol. The summed E-state index contributed by atoms with van der Waals surface area (Å²) in [6, 6.07) is 6.01. The number of anilines is 1. The van der Waals surface area contributed by atoms with Crippen LogP contribution in [0.3, 0.4) is 0 Å². The van der Waals surface area contributed by atoms with Crippen LogP contribution in [-0.4, -0.2) is 43.4 Å². The molecule has 0 bridgehead atoms. The molecular formula is C17H28N2O3. The second-order valence-corrected chi connectivity index (χ2v) is 5.83. The molecule has 3 N–H and O–H groups in total. The minimum absolute atomic E-state index is 0.0479. The Morgan fingerprint density at radius 2 is 2.14 bits per heavy atom. The Labute approximate surface area is 133 Å². The summed E-state index contributed by atoms with van der Waals surface area (Å²) in [7, 11) is 1.61. The molecule has 124 valence electrons. The fourth-order valence-electron chi connectivity index (χ4n) is 2.46. The Morgan fingerprint density at radius 3 is 2.73 bits per heavy atom. The SMILES string of the molecule is CCc1cccc(C)c1NC(=O)CNC(C)(CCO)COC. The molecule has 0 aromatic heterocycles. The molecule has 0 saturated heterocycles. The molecule has 1 rings (SSSR count). The fraction of sp³-hybridized carbons (Fsp3) is 0.588. The summed E-state index contributed by atoms with van der Waals surface area (Å²) < 4.78 is 5.16. The van der Waals surface area contributed by atoms with Crippen LogP contribution in [0.15, 0.2) is 18.2 Å². The number of aryl methyl sites for hydroxylation is 2. The molecule has 0 radical (unpaired) electrons. The zero-order chi connectivity index (χ0) is 16.6. The number of hydrogen-bond donors (Lipinski definition) is 3. The van der Waals surface area contributed by atoms with Crippen LogP contribution in [0.2, 0.25) is 0 Å². The Kier molecular flexibility index (Phi) is 7.51. The minimum atomic E-state index is -0.417. The van der Waals surface area contributed by atoms with Crippen LogP contribution in [0, 0.1) is 6.92 Å². The Bertz CT molecular complexity index is 483. The van der Waals surface area contributed by atoms with Gasteiger partial charge in [-0.3, -0.25) is 4.79 Å². The van der Waals surface area contributed by atoms with Crippen LogP contribution in [0.25, 0.3) is 0 Å². The molecule has 0 heterocycles. The van der Waals surface area contributed by atoms with Crippen LogP contribution < -0.4 is 10.6 Å². The first kappa shape index (κ1) is 18.6. The molecule has 22 heavy (non-hydrogen) atoms. The largest absolute Gasteiger partial charge is 0.396 e. The van der Waals surface area contributed by atoms with E-state index in [0.29, 0.717) is 13.0 Å². The molecule has 0 saturated carbocycles. The number of rotatable bonds is 9. The molecule has 0 spiro atoms. The van der Waals surface area contributed by atoms with E-state index in [-0.39, 0.29) is 19.1 Å². The highest BCUT2D eigenvalue weighted by atomic mass is 16.5. The first-order valence-corrected chi connectivity index (χ1v) is 7.69. The second kappa shape index (κ2) is 8.88. The van der Waals surface area contributed by atoms with Gasteiger partial charge in [-0.15, -0.1) is 0 Å². The van der Waals surface area contributed by atoms with Crippen molar-refractivity contribution >= 4 is 11.6 Å². The summed E-state index contributed by atoms with van der Waals surface area (Å²) in [5.74, 6) is -0.0933. The van der Waals surface area contributed by atoms with Gasteiger partial charge in [0.05, 0.1) is 13.2 Å². The second-order valence-electron chi connectivity index (χ2n) is 5.83. The standard InChI is InChI=1S/C17H28N2O3/c1-5-14-8-6-7-13(2)16(14)19-15(21)11-18-17(3,9-10-20)12-22-4/h6-8,18,20H,5,9-12H2,1-4H3,(H,19,21). The summed E-state index contributed by atoms with van der Waals surface area (Å²) >= 11 is 0. The summed E-state index contributed by atoms with van der Waals surface area (Å²) in [6.45, 7) is 6.66. The maximum Gasteiger partial charge on any atom is 0.238 e. The van der Waals surface area contributed by atoms with E-state index in [1.54, 1.807) is 7.11 Å². The van der Waals surface area contributed by atoms with E-state index in [1.807, 2.05) is 32.0 Å². The zero-order valence-electron chi connectivity index (χ0n) is 14.0. The van der Waals surface area contributed by atoms with Crippen molar-refractivity contribution in [3.8, 4) is 0 Å². The molecule has 0 aliphatic carbocycles. The van der Waals surface area contributed by atoms with Crippen LogP contribution in [0.4, 0.5) is 5.69 Å². The van der Waals surface area contributed by atoms with E-state index in [9.17, 15) is 4.79 Å². The molecule has 1 aromatic carbocycles. The van der Waals surface area contributed by atoms with E-state index >= 15 is 0 Å². The van der Waals surface area contributed by atoms with Gasteiger partial charge >= 0.3 is 0 Å². The smallest absolute Gasteiger partial charge is 0.238 e. The van der Waals surface area contributed by atoms with Crippen LogP contribution in [0.1, 0.15) is 31.4 Å². The summed E-state index contributed by atoms with van der Waals surface area (Å²) in [4.78, 5) is 12.2. The highest BCUT2D eigenvalue weighted by Crippen LogP contribution is 2.21. The van der Waals surface area contributed by atoms with Crippen molar-refractivity contribution in [1.29, 1.82) is 0 Å². The maximum absolute atomic E-state index is 12.2. The lowest BCUT2D eigenvalue weighted by atomic mass is 9.99. The molecule has 1 amide bonds. The predicted molar refractivity (Wildman–Crippen MR) is 89.2 cm³/mol. The topological polar surface area (TPSA) is 70.6 Å². The van der Waals surface area contributed by atoms with E-state index < -0.39 is 5.54 Å². The number of ether oxygens (including phenoxy) is 1. The summed E-state index contributed by atoms with van der Waals surface area (Å²) in [6.07, 6.45) is 1.40. The van der Waals surface area contributed by atoms with Crippen molar-refractivity contribution in [3.05, 3.63) is 29.3 Å². The van der Waals surface area contributed by atoms with Gasteiger partial charge in [0, 0.05) is 24.9 Å². The number of para-hydroxylation sites is 1. The quantitative estimate of drug-likeness (QED) is 0.651. The molecule has 0 aliphatic heterocycles. The molecule has 1 aromatic rings. The Morgan fingerprint density at radius 1 is 1.41 bits per heavy atom. The first-order valence-electron chi connectivity index (χ1n) is 7.69. The minimum Gasteiger partial charge on any atom is -0.396 e. The van der Waals surface area contributed by atoms with Gasteiger partial charge in [-0.1, -0.05) is 25.1 Å². The van der Waals surface area contributed by atoms with Crippen molar-refractivity contribution in [1.82, 2.24) is 5.32 Å². The van der Waals surface area contributed by atoms with Gasteiger partial charge < -0.3 is 20.5 Å². The lowest BCUT2D eigenvalue weighted by Gasteiger charge is -2.29. The van der Waals surface area contributed by atoms with Crippen LogP contribution in [-0.2, 0) is 16.0 Å². The Hall–Kier alpha value is -1.43. The Balaban J connectivity index is 2.67. The van der Waals surface area contributed by atoms with Crippen LogP contribution >= 0.6 is 0 Å². The van der Waals surface area contributed by atoms with E-state index in [1.165, 1.54) is 0 Å². The molecule has 0 fully saturated rings. The van der Waals surface area contributed by atoms with Gasteiger partial charge in [-0.05, 0) is 37.8 Å². The number of carbonyl (C=O) groups excluding carboxylic acids is 1. The van der Waals surface area contributed by atoms with Crippen LogP contribution in [0.5, 0.6) is 0 Å². The van der Waals surface area contributed by atoms with Crippen molar-refractivity contribution in [2.75, 3.05) is 32.2 Å². The third-order valence-electron chi connectivity index (χ3n) is 3.81. The lowest BCUT2D eigenvalue weighted by molar-refractivity contribution is -0.115. The molecule has 5 heteroatoms. The summed E-state index contributed by atoms with van der Waals surface area (Å²) in [5.41, 5.74) is 2.67. The molecule has 5 nitrogen and oxygen atoms in total. The average Bonchev–Trinajstić information content (AvgIpc) is 2.48. The normalized spacial score (nSPS) is 13.7. The summed E-state index contributed by atoms with van der Waals surface area (Å²) in [5, 5.41) is 15.3. The zero-order valence-corrected chi connectivity index (χ0v) is 14.0. The maximum atomic E-state index is 12.2. The van der Waals surface area contributed by atoms with Gasteiger partial charge in [-0.2, -0.15) is 0 Å². The number of benzene rings is 1. The number of nitrogens with one attached hydrogen (secondary N) is 2. The van der Waals surface area contributed by atoms with Gasteiger partial charge in [-0.25, -0.2) is 0 Å². The van der Waals surface area contributed by atoms with Gasteiger partial charge in [0.15, 0.2) is 0 Å².